The number of halogens is 1. The first-order chi connectivity index (χ1) is 9.11. The van der Waals surface area contributed by atoms with Gasteiger partial charge in [0.05, 0.1) is 0 Å². The summed E-state index contributed by atoms with van der Waals surface area (Å²) in [7, 11) is 0. The normalized spacial score (nSPS) is 16.3. The minimum Gasteiger partial charge on any atom is -0.444 e. The highest BCUT2D eigenvalue weighted by Gasteiger charge is 2.23. The molecule has 19 heavy (non-hydrogen) atoms. The van der Waals surface area contributed by atoms with Gasteiger partial charge in [0.15, 0.2) is 10.4 Å². The van der Waals surface area contributed by atoms with E-state index in [9.17, 15) is 9.59 Å². The lowest BCUT2D eigenvalue weighted by Crippen LogP contribution is -2.37. The van der Waals surface area contributed by atoms with Crippen LogP contribution in [-0.4, -0.2) is 47.8 Å². The molecule has 0 radical (unpaired) electrons. The average Bonchev–Trinajstić information content (AvgIpc) is 2.71. The van der Waals surface area contributed by atoms with E-state index < -0.39 is 0 Å². The van der Waals surface area contributed by atoms with Crippen molar-refractivity contribution in [3.8, 4) is 0 Å². The van der Waals surface area contributed by atoms with Crippen LogP contribution in [0.3, 0.4) is 0 Å². The number of nitrogens with zero attached hydrogens (tertiary/aromatic N) is 2. The standard InChI is InChI=1S/C13H17BrN2O3/c1-2-12(17)15-6-3-7-16(9-8-15)13(18)10-4-5-11(14)19-10/h4-5H,2-3,6-9H2,1H3. The lowest BCUT2D eigenvalue weighted by molar-refractivity contribution is -0.130. The Morgan fingerprint density at radius 2 is 1.89 bits per heavy atom. The van der Waals surface area contributed by atoms with Crippen LogP contribution in [0.15, 0.2) is 21.2 Å². The molecule has 1 fully saturated rings. The fraction of sp³-hybridized carbons (Fsp3) is 0.538. The highest BCUT2D eigenvalue weighted by Crippen LogP contribution is 2.17. The van der Waals surface area contributed by atoms with Crippen LogP contribution in [-0.2, 0) is 4.79 Å². The molecule has 5 nitrogen and oxygen atoms in total. The summed E-state index contributed by atoms with van der Waals surface area (Å²) in [5.74, 6) is 0.369. The maximum absolute atomic E-state index is 12.2. The number of hydrogen-bond acceptors (Lipinski definition) is 3. The van der Waals surface area contributed by atoms with Gasteiger partial charge >= 0.3 is 0 Å². The minimum atomic E-state index is -0.114. The Labute approximate surface area is 120 Å². The Balaban J connectivity index is 1.99. The monoisotopic (exact) mass is 328 g/mol. The highest BCUT2D eigenvalue weighted by molar-refractivity contribution is 9.10. The van der Waals surface area contributed by atoms with Gasteiger partial charge in [-0.15, -0.1) is 0 Å². The summed E-state index contributed by atoms with van der Waals surface area (Å²) in [6, 6.07) is 3.37. The largest absolute Gasteiger partial charge is 0.444 e. The van der Waals surface area contributed by atoms with Gasteiger partial charge in [0.25, 0.3) is 5.91 Å². The summed E-state index contributed by atoms with van der Waals surface area (Å²) in [6.07, 6.45) is 1.32. The zero-order chi connectivity index (χ0) is 13.8. The van der Waals surface area contributed by atoms with Crippen LogP contribution in [0.25, 0.3) is 0 Å². The molecule has 104 valence electrons. The van der Waals surface area contributed by atoms with Gasteiger partial charge in [-0.3, -0.25) is 9.59 Å². The highest BCUT2D eigenvalue weighted by atomic mass is 79.9. The Morgan fingerprint density at radius 1 is 1.21 bits per heavy atom. The first-order valence-electron chi connectivity index (χ1n) is 6.44. The zero-order valence-corrected chi connectivity index (χ0v) is 12.5. The molecule has 0 spiro atoms. The Morgan fingerprint density at radius 3 is 2.53 bits per heavy atom. The molecule has 0 aliphatic carbocycles. The molecular weight excluding hydrogens is 312 g/mol. The second kappa shape index (κ2) is 6.23. The van der Waals surface area contributed by atoms with Crippen molar-refractivity contribution in [3.05, 3.63) is 22.6 Å². The van der Waals surface area contributed by atoms with E-state index in [-0.39, 0.29) is 11.8 Å². The van der Waals surface area contributed by atoms with Crippen molar-refractivity contribution >= 4 is 27.7 Å². The number of furan rings is 1. The Bertz CT molecular complexity index is 472. The van der Waals surface area contributed by atoms with Gasteiger partial charge in [0, 0.05) is 32.6 Å². The number of hydrogen-bond donors (Lipinski definition) is 0. The minimum absolute atomic E-state index is 0.114. The summed E-state index contributed by atoms with van der Waals surface area (Å²) in [5, 5.41) is 0. The Kier molecular flexibility index (Phi) is 4.63. The summed E-state index contributed by atoms with van der Waals surface area (Å²) in [6.45, 7) is 4.39. The van der Waals surface area contributed by atoms with Crippen LogP contribution in [0, 0.1) is 0 Å². The van der Waals surface area contributed by atoms with Gasteiger partial charge < -0.3 is 14.2 Å². The lowest BCUT2D eigenvalue weighted by Gasteiger charge is -2.21. The van der Waals surface area contributed by atoms with Gasteiger partial charge in [0.1, 0.15) is 0 Å². The molecule has 0 aromatic carbocycles. The average molecular weight is 329 g/mol. The molecule has 1 aromatic rings. The van der Waals surface area contributed by atoms with Crippen LogP contribution in [0.4, 0.5) is 0 Å². The smallest absolute Gasteiger partial charge is 0.289 e. The predicted octanol–water partition coefficient (Wildman–Crippen LogP) is 2.13. The van der Waals surface area contributed by atoms with Crippen molar-refractivity contribution in [1.82, 2.24) is 9.80 Å². The molecule has 2 heterocycles. The van der Waals surface area contributed by atoms with Crippen LogP contribution >= 0.6 is 15.9 Å². The molecule has 0 N–H and O–H groups in total. The van der Waals surface area contributed by atoms with E-state index in [2.05, 4.69) is 15.9 Å². The second-order valence-electron chi connectivity index (χ2n) is 4.48. The maximum Gasteiger partial charge on any atom is 0.289 e. The van der Waals surface area contributed by atoms with Crippen molar-refractivity contribution in [3.63, 3.8) is 0 Å². The number of carbonyl (C=O) groups is 2. The molecular formula is C13H17BrN2O3. The third-order valence-corrected chi connectivity index (χ3v) is 3.65. The summed E-state index contributed by atoms with van der Waals surface area (Å²) < 4.78 is 5.83. The van der Waals surface area contributed by atoms with Crippen LogP contribution in [0.1, 0.15) is 30.3 Å². The molecule has 0 bridgehead atoms. The molecule has 6 heteroatoms. The number of amides is 2. The van der Waals surface area contributed by atoms with Crippen molar-refractivity contribution in [2.45, 2.75) is 19.8 Å². The van der Waals surface area contributed by atoms with E-state index >= 15 is 0 Å². The van der Waals surface area contributed by atoms with Crippen molar-refractivity contribution in [2.24, 2.45) is 0 Å². The number of carbonyl (C=O) groups excluding carboxylic acids is 2. The van der Waals surface area contributed by atoms with Crippen molar-refractivity contribution < 1.29 is 14.0 Å². The summed E-state index contributed by atoms with van der Waals surface area (Å²) >= 11 is 3.19. The van der Waals surface area contributed by atoms with Crippen LogP contribution < -0.4 is 0 Å². The van der Waals surface area contributed by atoms with Gasteiger partial charge in [-0.1, -0.05) is 6.92 Å². The first-order valence-corrected chi connectivity index (χ1v) is 7.23. The van der Waals surface area contributed by atoms with Crippen LogP contribution in [0.2, 0.25) is 0 Å². The van der Waals surface area contributed by atoms with Gasteiger partial charge in [0.2, 0.25) is 5.91 Å². The van der Waals surface area contributed by atoms with Crippen LogP contribution in [0.5, 0.6) is 0 Å². The van der Waals surface area contributed by atoms with Gasteiger partial charge in [-0.05, 0) is 34.5 Å². The maximum atomic E-state index is 12.2. The van der Waals surface area contributed by atoms with E-state index in [0.717, 1.165) is 13.0 Å². The predicted molar refractivity (Wildman–Crippen MR) is 73.8 cm³/mol. The molecule has 0 unspecified atom stereocenters. The summed E-state index contributed by atoms with van der Waals surface area (Å²) in [4.78, 5) is 27.5. The molecule has 2 amide bonds. The second-order valence-corrected chi connectivity index (χ2v) is 5.27. The Hall–Kier alpha value is -1.30. The van der Waals surface area contributed by atoms with E-state index in [1.54, 1.807) is 17.0 Å². The fourth-order valence-electron chi connectivity index (χ4n) is 2.18. The zero-order valence-electron chi connectivity index (χ0n) is 10.9. The molecule has 2 rings (SSSR count). The molecule has 1 aliphatic rings. The summed E-state index contributed by atoms with van der Waals surface area (Å²) in [5.41, 5.74) is 0. The molecule has 0 saturated carbocycles. The molecule has 1 aliphatic heterocycles. The lowest BCUT2D eigenvalue weighted by atomic mass is 10.3. The SMILES string of the molecule is CCC(=O)N1CCCN(C(=O)c2ccc(Br)o2)CC1. The first kappa shape index (κ1) is 14.1. The van der Waals surface area contributed by atoms with E-state index in [0.29, 0.717) is 36.5 Å². The molecule has 1 aromatic heterocycles. The van der Waals surface area contributed by atoms with E-state index in [1.807, 2.05) is 11.8 Å². The number of rotatable bonds is 2. The molecule has 0 atom stereocenters. The topological polar surface area (TPSA) is 53.8 Å². The van der Waals surface area contributed by atoms with Gasteiger partial charge in [-0.2, -0.15) is 0 Å². The third kappa shape index (κ3) is 3.37. The van der Waals surface area contributed by atoms with E-state index in [4.69, 9.17) is 4.42 Å². The fourth-order valence-corrected chi connectivity index (χ4v) is 2.49. The van der Waals surface area contributed by atoms with Gasteiger partial charge in [-0.25, -0.2) is 0 Å². The molecule has 1 saturated heterocycles. The third-order valence-electron chi connectivity index (χ3n) is 3.22. The van der Waals surface area contributed by atoms with Crippen molar-refractivity contribution in [2.75, 3.05) is 26.2 Å². The van der Waals surface area contributed by atoms with Crippen molar-refractivity contribution in [1.29, 1.82) is 0 Å². The van der Waals surface area contributed by atoms with E-state index in [1.165, 1.54) is 0 Å². The quantitative estimate of drug-likeness (QED) is 0.835.